The third-order valence-corrected chi connectivity index (χ3v) is 3.77. The van der Waals surface area contributed by atoms with Crippen molar-refractivity contribution in [3.63, 3.8) is 0 Å². The minimum absolute atomic E-state index is 0.664. The van der Waals surface area contributed by atoms with E-state index in [1.54, 1.807) is 6.20 Å². The quantitative estimate of drug-likeness (QED) is 0.652. The highest BCUT2D eigenvalue weighted by atomic mass is 16.1. The van der Waals surface area contributed by atoms with Gasteiger partial charge >= 0.3 is 0 Å². The van der Waals surface area contributed by atoms with Crippen LogP contribution in [0.15, 0.2) is 60.8 Å². The van der Waals surface area contributed by atoms with Crippen LogP contribution in [0.25, 0.3) is 10.9 Å². The molecular weight excluding hydrogens is 258 g/mol. The topological polar surface area (TPSA) is 30.0 Å². The van der Waals surface area contributed by atoms with Crippen LogP contribution in [0.1, 0.15) is 27.9 Å². The number of carbonyl (C=O) groups is 1. The molecule has 0 aliphatic rings. The second kappa shape index (κ2) is 6.31. The highest BCUT2D eigenvalue weighted by molar-refractivity contribution is 5.96. The monoisotopic (exact) mass is 275 g/mol. The molecule has 2 aromatic carbocycles. The molecule has 0 spiro atoms. The average Bonchev–Trinajstić information content (AvgIpc) is 2.56. The van der Waals surface area contributed by atoms with Crippen LogP contribution < -0.4 is 0 Å². The molecular formula is C19H17NO. The Morgan fingerprint density at radius 2 is 1.76 bits per heavy atom. The maximum atomic E-state index is 11.1. The Labute approximate surface area is 124 Å². The number of nitrogens with zero attached hydrogens (tertiary/aromatic N) is 1. The van der Waals surface area contributed by atoms with Gasteiger partial charge < -0.3 is 0 Å². The van der Waals surface area contributed by atoms with E-state index in [1.165, 1.54) is 11.1 Å². The summed E-state index contributed by atoms with van der Waals surface area (Å²) in [5.41, 5.74) is 4.10. The molecule has 0 amide bonds. The zero-order valence-electron chi connectivity index (χ0n) is 11.8. The average molecular weight is 275 g/mol. The summed E-state index contributed by atoms with van der Waals surface area (Å²) in [6.07, 6.45) is 5.77. The number of pyridine rings is 1. The van der Waals surface area contributed by atoms with Crippen molar-refractivity contribution in [2.75, 3.05) is 0 Å². The first-order chi connectivity index (χ1) is 10.4. The minimum Gasteiger partial charge on any atom is -0.298 e. The molecule has 1 heterocycles. The van der Waals surface area contributed by atoms with Crippen LogP contribution >= 0.6 is 0 Å². The van der Waals surface area contributed by atoms with Gasteiger partial charge in [-0.25, -0.2) is 0 Å². The first kappa shape index (κ1) is 13.5. The summed E-state index contributed by atoms with van der Waals surface area (Å²) in [6.45, 7) is 0. The number of hydrogen-bond acceptors (Lipinski definition) is 2. The lowest BCUT2D eigenvalue weighted by molar-refractivity contribution is 0.112. The van der Waals surface area contributed by atoms with Gasteiger partial charge in [0.15, 0.2) is 6.29 Å². The first-order valence-corrected chi connectivity index (χ1v) is 7.24. The fraction of sp³-hybridized carbons (Fsp3) is 0.158. The molecule has 0 saturated heterocycles. The Morgan fingerprint density at radius 1 is 0.905 bits per heavy atom. The molecule has 2 heteroatoms. The van der Waals surface area contributed by atoms with E-state index in [0.29, 0.717) is 5.56 Å². The second-order valence-electron chi connectivity index (χ2n) is 5.17. The van der Waals surface area contributed by atoms with E-state index in [2.05, 4.69) is 35.3 Å². The lowest BCUT2D eigenvalue weighted by Crippen LogP contribution is -1.95. The van der Waals surface area contributed by atoms with Crippen LogP contribution in [0.5, 0.6) is 0 Å². The normalized spacial score (nSPS) is 10.7. The third kappa shape index (κ3) is 3.00. The molecule has 0 radical (unpaired) electrons. The fourth-order valence-corrected chi connectivity index (χ4v) is 2.69. The maximum absolute atomic E-state index is 11.1. The van der Waals surface area contributed by atoms with Gasteiger partial charge in [-0.2, -0.15) is 0 Å². The molecule has 1 aromatic heterocycles. The van der Waals surface area contributed by atoms with E-state index < -0.39 is 0 Å². The van der Waals surface area contributed by atoms with Gasteiger partial charge in [-0.15, -0.1) is 0 Å². The number of aryl methyl sites for hydroxylation is 2. The van der Waals surface area contributed by atoms with Gasteiger partial charge in [-0.3, -0.25) is 9.78 Å². The second-order valence-corrected chi connectivity index (χ2v) is 5.17. The number of hydrogen-bond donors (Lipinski definition) is 0. The Balaban J connectivity index is 1.80. The van der Waals surface area contributed by atoms with Crippen LogP contribution in [0.2, 0.25) is 0 Å². The number of fused-ring (bicyclic) bond motifs is 1. The Hall–Kier alpha value is -2.48. The zero-order chi connectivity index (χ0) is 14.5. The molecule has 0 N–H and O–H groups in total. The van der Waals surface area contributed by atoms with Crippen molar-refractivity contribution in [3.05, 3.63) is 77.5 Å². The minimum atomic E-state index is 0.664. The maximum Gasteiger partial charge on any atom is 0.152 e. The van der Waals surface area contributed by atoms with Crippen LogP contribution in [-0.4, -0.2) is 11.3 Å². The lowest BCUT2D eigenvalue weighted by atomic mass is 9.98. The number of rotatable bonds is 5. The van der Waals surface area contributed by atoms with E-state index in [4.69, 9.17) is 0 Å². The largest absolute Gasteiger partial charge is 0.298 e. The van der Waals surface area contributed by atoms with Crippen LogP contribution in [-0.2, 0) is 12.8 Å². The summed E-state index contributed by atoms with van der Waals surface area (Å²) >= 11 is 0. The van der Waals surface area contributed by atoms with Gasteiger partial charge in [0.05, 0.1) is 5.52 Å². The first-order valence-electron chi connectivity index (χ1n) is 7.24. The van der Waals surface area contributed by atoms with Gasteiger partial charge in [0.2, 0.25) is 0 Å². The third-order valence-electron chi connectivity index (χ3n) is 3.77. The highest BCUT2D eigenvalue weighted by Gasteiger charge is 2.06. The molecule has 0 aliphatic carbocycles. The molecule has 104 valence electrons. The lowest BCUT2D eigenvalue weighted by Gasteiger charge is -2.08. The summed E-state index contributed by atoms with van der Waals surface area (Å²) in [4.78, 5) is 15.4. The number of aromatic nitrogens is 1. The van der Waals surface area contributed by atoms with Crippen molar-refractivity contribution >= 4 is 17.2 Å². The summed E-state index contributed by atoms with van der Waals surface area (Å²) in [5.74, 6) is 0. The van der Waals surface area contributed by atoms with Gasteiger partial charge in [-0.1, -0.05) is 42.5 Å². The summed E-state index contributed by atoms with van der Waals surface area (Å²) < 4.78 is 0. The number of aldehydes is 1. The Bertz CT molecular complexity index is 750. The van der Waals surface area contributed by atoms with Crippen molar-refractivity contribution in [2.45, 2.75) is 19.3 Å². The van der Waals surface area contributed by atoms with Crippen LogP contribution in [0.4, 0.5) is 0 Å². The SMILES string of the molecule is O=Cc1ccc(CCCc2ccccc2)c2cccnc12. The summed E-state index contributed by atoms with van der Waals surface area (Å²) in [5, 5.41) is 1.09. The summed E-state index contributed by atoms with van der Waals surface area (Å²) in [6, 6.07) is 18.4. The molecule has 0 saturated carbocycles. The Kier molecular flexibility index (Phi) is 4.06. The van der Waals surface area contributed by atoms with Crippen LogP contribution in [0.3, 0.4) is 0 Å². The van der Waals surface area contributed by atoms with E-state index in [-0.39, 0.29) is 0 Å². The molecule has 0 bridgehead atoms. The number of benzene rings is 2. The van der Waals surface area contributed by atoms with Gasteiger partial charge in [0, 0.05) is 17.1 Å². The fourth-order valence-electron chi connectivity index (χ4n) is 2.69. The van der Waals surface area contributed by atoms with E-state index in [1.807, 2.05) is 24.3 Å². The standard InChI is InChI=1S/C19H17NO/c21-14-17-12-11-16(18-10-5-13-20-19(17)18)9-4-8-15-6-2-1-3-7-15/h1-3,5-7,10-14H,4,8-9H2. The zero-order valence-corrected chi connectivity index (χ0v) is 11.8. The van der Waals surface area contributed by atoms with Gasteiger partial charge in [0.25, 0.3) is 0 Å². The predicted octanol–water partition coefficient (Wildman–Crippen LogP) is 4.22. The van der Waals surface area contributed by atoms with Crippen molar-refractivity contribution in [1.82, 2.24) is 4.98 Å². The molecule has 0 aliphatic heterocycles. The molecule has 0 atom stereocenters. The van der Waals surface area contributed by atoms with Crippen molar-refractivity contribution in [2.24, 2.45) is 0 Å². The Morgan fingerprint density at radius 3 is 2.57 bits per heavy atom. The molecule has 21 heavy (non-hydrogen) atoms. The van der Waals surface area contributed by atoms with E-state index in [9.17, 15) is 4.79 Å². The molecule has 3 rings (SSSR count). The predicted molar refractivity (Wildman–Crippen MR) is 85.6 cm³/mol. The van der Waals surface area contributed by atoms with Crippen molar-refractivity contribution in [1.29, 1.82) is 0 Å². The van der Waals surface area contributed by atoms with Gasteiger partial charge in [0.1, 0.15) is 0 Å². The summed E-state index contributed by atoms with van der Waals surface area (Å²) in [7, 11) is 0. The van der Waals surface area contributed by atoms with Crippen LogP contribution in [0, 0.1) is 0 Å². The molecule has 3 aromatic rings. The van der Waals surface area contributed by atoms with Crippen molar-refractivity contribution in [3.8, 4) is 0 Å². The molecule has 0 fully saturated rings. The molecule has 2 nitrogen and oxygen atoms in total. The van der Waals surface area contributed by atoms with Crippen molar-refractivity contribution < 1.29 is 4.79 Å². The smallest absolute Gasteiger partial charge is 0.152 e. The van der Waals surface area contributed by atoms with Gasteiger partial charge in [-0.05, 0) is 42.5 Å². The number of carbonyl (C=O) groups excluding carboxylic acids is 1. The van der Waals surface area contributed by atoms with E-state index >= 15 is 0 Å². The molecule has 0 unspecified atom stereocenters. The van der Waals surface area contributed by atoms with E-state index in [0.717, 1.165) is 36.5 Å². The highest BCUT2D eigenvalue weighted by Crippen LogP contribution is 2.21.